The van der Waals surface area contributed by atoms with Gasteiger partial charge in [0.25, 0.3) is 11.8 Å². The first-order chi connectivity index (χ1) is 14.5. The molecule has 6 heteroatoms. The van der Waals surface area contributed by atoms with Crippen molar-refractivity contribution in [3.05, 3.63) is 70.8 Å². The number of ether oxygens (including phenoxy) is 1. The Labute approximate surface area is 189 Å². The fourth-order valence-corrected chi connectivity index (χ4v) is 3.76. The normalized spacial score (nSPS) is 11.9. The molecule has 0 aliphatic rings. The van der Waals surface area contributed by atoms with Crippen molar-refractivity contribution >= 4 is 29.5 Å². The highest BCUT2D eigenvalue weighted by molar-refractivity contribution is 6.32. The van der Waals surface area contributed by atoms with Gasteiger partial charge >= 0.3 is 0 Å². The van der Waals surface area contributed by atoms with Gasteiger partial charge in [-0.25, -0.2) is 0 Å². The van der Waals surface area contributed by atoms with Crippen LogP contribution in [-0.2, 0) is 15.0 Å². The molecule has 0 aliphatic heterocycles. The van der Waals surface area contributed by atoms with E-state index in [9.17, 15) is 9.59 Å². The Bertz CT molecular complexity index is 929. The van der Waals surface area contributed by atoms with Crippen molar-refractivity contribution in [2.24, 2.45) is 5.41 Å². The van der Waals surface area contributed by atoms with Crippen molar-refractivity contribution in [2.45, 2.75) is 46.5 Å². The Morgan fingerprint density at radius 1 is 0.968 bits per heavy atom. The van der Waals surface area contributed by atoms with E-state index in [1.165, 1.54) is 11.6 Å². The molecule has 2 rings (SSSR count). The van der Waals surface area contributed by atoms with E-state index in [0.717, 1.165) is 6.42 Å². The van der Waals surface area contributed by atoms with Gasteiger partial charge in [0.15, 0.2) is 6.61 Å². The number of hydrazine groups is 1. The van der Waals surface area contributed by atoms with Crippen molar-refractivity contribution in [3.8, 4) is 5.75 Å². The maximum absolute atomic E-state index is 11.9. The van der Waals surface area contributed by atoms with Crippen molar-refractivity contribution in [2.75, 3.05) is 6.61 Å². The Hall–Kier alpha value is -2.79. The quantitative estimate of drug-likeness (QED) is 0.452. The molecule has 2 N–H and O–H groups in total. The zero-order valence-corrected chi connectivity index (χ0v) is 19.5. The van der Waals surface area contributed by atoms with Crippen LogP contribution in [-0.4, -0.2) is 18.4 Å². The Morgan fingerprint density at radius 2 is 1.61 bits per heavy atom. The van der Waals surface area contributed by atoms with E-state index in [1.807, 2.05) is 30.3 Å². The first-order valence-electron chi connectivity index (χ1n) is 10.2. The third-order valence-corrected chi connectivity index (χ3v) is 4.97. The summed E-state index contributed by atoms with van der Waals surface area (Å²) in [6, 6.07) is 14.9. The van der Waals surface area contributed by atoms with Crippen LogP contribution in [0.2, 0.25) is 5.02 Å². The predicted octanol–water partition coefficient (Wildman–Crippen LogP) is 5.29. The van der Waals surface area contributed by atoms with Crippen LogP contribution in [0.15, 0.2) is 54.6 Å². The van der Waals surface area contributed by atoms with Gasteiger partial charge in [-0.2, -0.15) is 0 Å². The topological polar surface area (TPSA) is 67.4 Å². The second-order valence-electron chi connectivity index (χ2n) is 9.33. The molecule has 2 aromatic rings. The van der Waals surface area contributed by atoms with Crippen LogP contribution < -0.4 is 15.6 Å². The second-order valence-corrected chi connectivity index (χ2v) is 9.73. The summed E-state index contributed by atoms with van der Waals surface area (Å²) in [6.45, 7) is 10.9. The largest absolute Gasteiger partial charge is 0.484 e. The van der Waals surface area contributed by atoms with Gasteiger partial charge in [-0.15, -0.1) is 0 Å². The Balaban J connectivity index is 1.79. The van der Waals surface area contributed by atoms with E-state index in [-0.39, 0.29) is 17.4 Å². The summed E-state index contributed by atoms with van der Waals surface area (Å²) in [4.78, 5) is 23.8. The molecular formula is C25H31ClN2O3. The van der Waals surface area contributed by atoms with Crippen LogP contribution in [0.4, 0.5) is 0 Å². The van der Waals surface area contributed by atoms with Gasteiger partial charge < -0.3 is 4.74 Å². The predicted molar refractivity (Wildman–Crippen MR) is 126 cm³/mol. The third-order valence-electron chi connectivity index (χ3n) is 4.62. The molecule has 2 amide bonds. The number of carbonyl (C=O) groups excluding carboxylic acids is 2. The van der Waals surface area contributed by atoms with Crippen LogP contribution in [0.3, 0.4) is 0 Å². The van der Waals surface area contributed by atoms with Gasteiger partial charge in [0.2, 0.25) is 0 Å². The van der Waals surface area contributed by atoms with Crippen LogP contribution >= 0.6 is 11.6 Å². The molecule has 2 aromatic carbocycles. The molecule has 0 radical (unpaired) electrons. The van der Waals surface area contributed by atoms with Crippen LogP contribution in [0.1, 0.15) is 52.2 Å². The highest BCUT2D eigenvalue weighted by Crippen LogP contribution is 2.36. The summed E-state index contributed by atoms with van der Waals surface area (Å²) in [5.74, 6) is -0.342. The standard InChI is InChI=1S/C25H31ClN2O3/c1-24(2,3)17-25(4,5)19-11-13-20(14-12-19)31-16-23(30)28-27-22(29)15-10-18-8-6-7-9-21(18)26/h6-15H,16-17H2,1-5H3,(H,27,29)(H,28,30). The number of rotatable bonds is 7. The average molecular weight is 443 g/mol. The van der Waals surface area contributed by atoms with Gasteiger partial charge in [-0.3, -0.25) is 20.4 Å². The van der Waals surface area contributed by atoms with Gasteiger partial charge in [-0.1, -0.05) is 76.6 Å². The van der Waals surface area contributed by atoms with Crippen LogP contribution in [0, 0.1) is 5.41 Å². The maximum atomic E-state index is 11.9. The summed E-state index contributed by atoms with van der Waals surface area (Å²) >= 11 is 6.03. The SMILES string of the molecule is CC(C)(C)CC(C)(C)c1ccc(OCC(=O)NNC(=O)C=Cc2ccccc2Cl)cc1. The Morgan fingerprint density at radius 3 is 2.23 bits per heavy atom. The Kier molecular flexibility index (Phi) is 8.28. The van der Waals surface area contributed by atoms with Crippen LogP contribution in [0.25, 0.3) is 6.08 Å². The lowest BCUT2D eigenvalue weighted by Crippen LogP contribution is -2.43. The minimum Gasteiger partial charge on any atom is -0.484 e. The summed E-state index contributed by atoms with van der Waals surface area (Å²) in [5.41, 5.74) is 6.82. The molecule has 5 nitrogen and oxygen atoms in total. The molecular weight excluding hydrogens is 412 g/mol. The molecule has 0 bridgehead atoms. The molecule has 0 heterocycles. The summed E-state index contributed by atoms with van der Waals surface area (Å²) < 4.78 is 5.51. The number of benzene rings is 2. The molecule has 0 saturated heterocycles. The minimum absolute atomic E-state index is 0.0376. The molecule has 0 fully saturated rings. The zero-order chi connectivity index (χ0) is 23.1. The summed E-state index contributed by atoms with van der Waals surface area (Å²) in [6.07, 6.45) is 3.91. The fraction of sp³-hybridized carbons (Fsp3) is 0.360. The monoisotopic (exact) mass is 442 g/mol. The van der Waals surface area contributed by atoms with Crippen molar-refractivity contribution in [1.29, 1.82) is 0 Å². The number of hydrogen-bond acceptors (Lipinski definition) is 3. The highest BCUT2D eigenvalue weighted by atomic mass is 35.5. The number of halogens is 1. The van der Waals surface area contributed by atoms with Gasteiger partial charge in [-0.05, 0) is 52.7 Å². The van der Waals surface area contributed by atoms with E-state index in [0.29, 0.717) is 16.3 Å². The number of amides is 2. The molecule has 0 saturated carbocycles. The average Bonchev–Trinajstić information content (AvgIpc) is 2.68. The van der Waals surface area contributed by atoms with Crippen LogP contribution in [0.5, 0.6) is 5.75 Å². The molecule has 166 valence electrons. The molecule has 0 unspecified atom stereocenters. The first-order valence-corrected chi connectivity index (χ1v) is 10.6. The van der Waals surface area contributed by atoms with E-state index in [1.54, 1.807) is 24.3 Å². The first kappa shape index (κ1) is 24.5. The molecule has 0 spiro atoms. The zero-order valence-electron chi connectivity index (χ0n) is 18.8. The van der Waals surface area contributed by atoms with Crippen molar-refractivity contribution in [3.63, 3.8) is 0 Å². The summed E-state index contributed by atoms with van der Waals surface area (Å²) in [5, 5.41) is 0.539. The van der Waals surface area contributed by atoms with Crippen molar-refractivity contribution in [1.82, 2.24) is 10.9 Å². The van der Waals surface area contributed by atoms with E-state index in [4.69, 9.17) is 16.3 Å². The number of hydrogen-bond donors (Lipinski definition) is 2. The lowest BCUT2D eigenvalue weighted by molar-refractivity contribution is -0.128. The van der Waals surface area contributed by atoms with E-state index in [2.05, 4.69) is 45.5 Å². The smallest absolute Gasteiger partial charge is 0.276 e. The van der Waals surface area contributed by atoms with Gasteiger partial charge in [0.1, 0.15) is 5.75 Å². The van der Waals surface area contributed by atoms with E-state index >= 15 is 0 Å². The van der Waals surface area contributed by atoms with Crippen molar-refractivity contribution < 1.29 is 14.3 Å². The van der Waals surface area contributed by atoms with Gasteiger partial charge in [0.05, 0.1) is 0 Å². The number of carbonyl (C=O) groups is 2. The van der Waals surface area contributed by atoms with E-state index < -0.39 is 11.8 Å². The minimum atomic E-state index is -0.473. The fourth-order valence-electron chi connectivity index (χ4n) is 3.56. The van der Waals surface area contributed by atoms with Gasteiger partial charge in [0, 0.05) is 11.1 Å². The highest BCUT2D eigenvalue weighted by Gasteiger charge is 2.27. The molecule has 0 aliphatic carbocycles. The lowest BCUT2D eigenvalue weighted by Gasteiger charge is -2.33. The lowest BCUT2D eigenvalue weighted by atomic mass is 9.72. The molecule has 31 heavy (non-hydrogen) atoms. The second kappa shape index (κ2) is 10.5. The number of nitrogens with one attached hydrogen (secondary N) is 2. The molecule has 0 aromatic heterocycles. The maximum Gasteiger partial charge on any atom is 0.276 e. The summed E-state index contributed by atoms with van der Waals surface area (Å²) in [7, 11) is 0. The molecule has 0 atom stereocenters. The third kappa shape index (κ3) is 8.46.